The average Bonchev–Trinajstić information content (AvgIpc) is 2.42. The van der Waals surface area contributed by atoms with Crippen molar-refractivity contribution in [1.29, 1.82) is 0 Å². The SMILES string of the molecule is CCC(C)NC(=O)c1cc(NCCCOC)nc(C)n1. The van der Waals surface area contributed by atoms with Gasteiger partial charge in [-0.25, -0.2) is 9.97 Å². The summed E-state index contributed by atoms with van der Waals surface area (Å²) in [4.78, 5) is 20.5. The van der Waals surface area contributed by atoms with Crippen molar-refractivity contribution in [1.82, 2.24) is 15.3 Å². The zero-order valence-corrected chi connectivity index (χ0v) is 12.7. The number of hydrogen-bond acceptors (Lipinski definition) is 5. The number of methoxy groups -OCH3 is 1. The van der Waals surface area contributed by atoms with Gasteiger partial charge in [0.25, 0.3) is 5.91 Å². The molecule has 0 radical (unpaired) electrons. The highest BCUT2D eigenvalue weighted by Crippen LogP contribution is 2.07. The van der Waals surface area contributed by atoms with Gasteiger partial charge in [-0.1, -0.05) is 6.92 Å². The number of aromatic nitrogens is 2. The number of carbonyl (C=O) groups is 1. The molecule has 1 rings (SSSR count). The van der Waals surface area contributed by atoms with Gasteiger partial charge in [-0.15, -0.1) is 0 Å². The fourth-order valence-electron chi connectivity index (χ4n) is 1.61. The van der Waals surface area contributed by atoms with E-state index in [4.69, 9.17) is 4.74 Å². The maximum Gasteiger partial charge on any atom is 0.270 e. The number of carbonyl (C=O) groups excluding carboxylic acids is 1. The number of nitrogens with zero attached hydrogens (tertiary/aromatic N) is 2. The molecule has 1 aromatic heterocycles. The van der Waals surface area contributed by atoms with Gasteiger partial charge in [0.1, 0.15) is 17.3 Å². The van der Waals surface area contributed by atoms with Crippen molar-refractivity contribution in [2.75, 3.05) is 25.6 Å². The predicted molar refractivity (Wildman–Crippen MR) is 79.0 cm³/mol. The molecule has 0 spiro atoms. The Kier molecular flexibility index (Phi) is 6.93. The summed E-state index contributed by atoms with van der Waals surface area (Å²) in [5.74, 6) is 1.09. The van der Waals surface area contributed by atoms with E-state index in [2.05, 4.69) is 20.6 Å². The Balaban J connectivity index is 2.67. The van der Waals surface area contributed by atoms with Gasteiger partial charge in [-0.3, -0.25) is 4.79 Å². The topological polar surface area (TPSA) is 76.1 Å². The normalized spacial score (nSPS) is 12.0. The summed E-state index contributed by atoms with van der Waals surface area (Å²) in [5, 5.41) is 6.07. The maximum atomic E-state index is 12.0. The molecule has 0 aliphatic heterocycles. The molecule has 0 aromatic carbocycles. The molecule has 6 heteroatoms. The minimum Gasteiger partial charge on any atom is -0.385 e. The predicted octanol–water partition coefficient (Wildman–Crippen LogP) is 1.76. The Labute approximate surface area is 120 Å². The van der Waals surface area contributed by atoms with Gasteiger partial charge in [0, 0.05) is 32.4 Å². The van der Waals surface area contributed by atoms with Crippen LogP contribution in [0.1, 0.15) is 43.0 Å². The molecule has 0 saturated heterocycles. The van der Waals surface area contributed by atoms with Crippen LogP contribution in [0.2, 0.25) is 0 Å². The largest absolute Gasteiger partial charge is 0.385 e. The van der Waals surface area contributed by atoms with Crippen molar-refractivity contribution in [3.05, 3.63) is 17.6 Å². The molecule has 6 nitrogen and oxygen atoms in total. The quantitative estimate of drug-likeness (QED) is 0.710. The monoisotopic (exact) mass is 280 g/mol. The van der Waals surface area contributed by atoms with E-state index in [1.807, 2.05) is 13.8 Å². The third-order valence-corrected chi connectivity index (χ3v) is 2.89. The fraction of sp³-hybridized carbons (Fsp3) is 0.643. The van der Waals surface area contributed by atoms with Gasteiger partial charge >= 0.3 is 0 Å². The van der Waals surface area contributed by atoms with Gasteiger partial charge in [0.2, 0.25) is 0 Å². The second-order valence-corrected chi connectivity index (χ2v) is 4.74. The lowest BCUT2D eigenvalue weighted by Gasteiger charge is -2.12. The first-order chi connectivity index (χ1) is 9.56. The molecule has 0 fully saturated rings. The highest BCUT2D eigenvalue weighted by atomic mass is 16.5. The highest BCUT2D eigenvalue weighted by Gasteiger charge is 2.12. The van der Waals surface area contributed by atoms with Crippen molar-refractivity contribution in [2.24, 2.45) is 0 Å². The zero-order valence-electron chi connectivity index (χ0n) is 12.7. The Morgan fingerprint density at radius 2 is 2.20 bits per heavy atom. The summed E-state index contributed by atoms with van der Waals surface area (Å²) in [6.07, 6.45) is 1.77. The van der Waals surface area contributed by atoms with Crippen LogP contribution in [0.15, 0.2) is 6.07 Å². The summed E-state index contributed by atoms with van der Waals surface area (Å²) < 4.78 is 4.98. The highest BCUT2D eigenvalue weighted by molar-refractivity contribution is 5.93. The van der Waals surface area contributed by atoms with Crippen molar-refractivity contribution < 1.29 is 9.53 Å². The second-order valence-electron chi connectivity index (χ2n) is 4.74. The number of nitrogens with one attached hydrogen (secondary N) is 2. The summed E-state index contributed by atoms with van der Waals surface area (Å²) in [5.41, 5.74) is 0.395. The van der Waals surface area contributed by atoms with Crippen LogP contribution < -0.4 is 10.6 Å². The van der Waals surface area contributed by atoms with Gasteiger partial charge in [0.05, 0.1) is 0 Å². The van der Waals surface area contributed by atoms with E-state index in [-0.39, 0.29) is 11.9 Å². The van der Waals surface area contributed by atoms with E-state index < -0.39 is 0 Å². The van der Waals surface area contributed by atoms with E-state index in [0.29, 0.717) is 23.9 Å². The molecule has 0 bridgehead atoms. The van der Waals surface area contributed by atoms with Gasteiger partial charge < -0.3 is 15.4 Å². The average molecular weight is 280 g/mol. The minimum atomic E-state index is -0.162. The minimum absolute atomic E-state index is 0.135. The first kappa shape index (κ1) is 16.4. The standard InChI is InChI=1S/C14H24N4O2/c1-5-10(2)16-14(19)12-9-13(18-11(3)17-12)15-7-6-8-20-4/h9-10H,5-8H2,1-4H3,(H,16,19)(H,15,17,18). The molecule has 1 unspecified atom stereocenters. The molecule has 0 aliphatic carbocycles. The van der Waals surface area contributed by atoms with E-state index >= 15 is 0 Å². The Morgan fingerprint density at radius 1 is 1.45 bits per heavy atom. The fourth-order valence-corrected chi connectivity index (χ4v) is 1.61. The molecule has 1 heterocycles. The third-order valence-electron chi connectivity index (χ3n) is 2.89. The first-order valence-electron chi connectivity index (χ1n) is 6.96. The summed E-state index contributed by atoms with van der Waals surface area (Å²) >= 11 is 0. The Bertz CT molecular complexity index is 437. The van der Waals surface area contributed by atoms with Crippen LogP contribution in [0.4, 0.5) is 5.82 Å². The van der Waals surface area contributed by atoms with Crippen LogP contribution in [0, 0.1) is 6.92 Å². The number of amides is 1. The van der Waals surface area contributed by atoms with Crippen molar-refractivity contribution in [2.45, 2.75) is 39.7 Å². The molecule has 0 aliphatic rings. The van der Waals surface area contributed by atoms with Crippen molar-refractivity contribution in [3.8, 4) is 0 Å². The van der Waals surface area contributed by atoms with Crippen LogP contribution >= 0.6 is 0 Å². The summed E-state index contributed by atoms with van der Waals surface area (Å²) in [6.45, 7) is 7.21. The molecule has 1 atom stereocenters. The van der Waals surface area contributed by atoms with Crippen molar-refractivity contribution >= 4 is 11.7 Å². The van der Waals surface area contributed by atoms with Crippen LogP contribution in [-0.2, 0) is 4.74 Å². The first-order valence-corrected chi connectivity index (χ1v) is 6.96. The smallest absolute Gasteiger partial charge is 0.270 e. The Morgan fingerprint density at radius 3 is 2.85 bits per heavy atom. The van der Waals surface area contributed by atoms with Gasteiger partial charge in [-0.2, -0.15) is 0 Å². The molecule has 0 saturated carbocycles. The van der Waals surface area contributed by atoms with E-state index in [1.54, 1.807) is 20.1 Å². The molecule has 2 N–H and O–H groups in total. The number of hydrogen-bond donors (Lipinski definition) is 2. The van der Waals surface area contributed by atoms with Crippen LogP contribution in [0.25, 0.3) is 0 Å². The number of ether oxygens (including phenoxy) is 1. The molecule has 1 amide bonds. The second kappa shape index (κ2) is 8.47. The van der Waals surface area contributed by atoms with Crippen LogP contribution in [0.3, 0.4) is 0 Å². The van der Waals surface area contributed by atoms with Gasteiger partial charge in [0.15, 0.2) is 0 Å². The summed E-state index contributed by atoms with van der Waals surface area (Å²) in [6, 6.07) is 1.81. The molecular formula is C14H24N4O2. The van der Waals surface area contributed by atoms with E-state index in [9.17, 15) is 4.79 Å². The number of anilines is 1. The van der Waals surface area contributed by atoms with Gasteiger partial charge in [-0.05, 0) is 26.7 Å². The molecule has 1 aromatic rings. The van der Waals surface area contributed by atoms with Crippen LogP contribution in [0.5, 0.6) is 0 Å². The lowest BCUT2D eigenvalue weighted by molar-refractivity contribution is 0.0934. The number of aryl methyl sites for hydroxylation is 1. The number of rotatable bonds is 8. The van der Waals surface area contributed by atoms with E-state index in [0.717, 1.165) is 19.4 Å². The lowest BCUT2D eigenvalue weighted by atomic mass is 10.2. The molecular weight excluding hydrogens is 256 g/mol. The van der Waals surface area contributed by atoms with E-state index in [1.165, 1.54) is 0 Å². The zero-order chi connectivity index (χ0) is 15.0. The molecule has 112 valence electrons. The molecule has 20 heavy (non-hydrogen) atoms. The van der Waals surface area contributed by atoms with Crippen molar-refractivity contribution in [3.63, 3.8) is 0 Å². The van der Waals surface area contributed by atoms with Crippen LogP contribution in [-0.4, -0.2) is 42.2 Å². The lowest BCUT2D eigenvalue weighted by Crippen LogP contribution is -2.32. The maximum absolute atomic E-state index is 12.0. The Hall–Kier alpha value is -1.69. The third kappa shape index (κ3) is 5.52. The summed E-state index contributed by atoms with van der Waals surface area (Å²) in [7, 11) is 1.67.